The van der Waals surface area contributed by atoms with Gasteiger partial charge in [0.15, 0.2) is 6.61 Å². The van der Waals surface area contributed by atoms with Crippen molar-refractivity contribution in [1.29, 1.82) is 0 Å². The molecule has 1 heterocycles. The number of aryl methyl sites for hydroxylation is 3. The van der Waals surface area contributed by atoms with Gasteiger partial charge < -0.3 is 9.15 Å². The van der Waals surface area contributed by atoms with Gasteiger partial charge in [-0.3, -0.25) is 20.4 Å². The Hall–Kier alpha value is -2.76. The van der Waals surface area contributed by atoms with Crippen molar-refractivity contribution in [1.82, 2.24) is 10.9 Å². The zero-order valence-corrected chi connectivity index (χ0v) is 16.1. The molecule has 2 amide bonds. The largest absolute Gasteiger partial charge is 0.483 e. The quantitative estimate of drug-likeness (QED) is 0.802. The Balaban J connectivity index is 1.94. The molecule has 0 saturated carbocycles. The van der Waals surface area contributed by atoms with Crippen molar-refractivity contribution < 1.29 is 18.7 Å². The van der Waals surface area contributed by atoms with Gasteiger partial charge in [0.25, 0.3) is 11.8 Å². The molecular weight excluding hydrogens is 332 g/mol. The highest BCUT2D eigenvalue weighted by Crippen LogP contribution is 2.27. The average molecular weight is 358 g/mol. The number of ether oxygens (including phenoxy) is 1. The summed E-state index contributed by atoms with van der Waals surface area (Å²) in [5.41, 5.74) is 8.05. The minimum Gasteiger partial charge on any atom is -0.483 e. The first-order valence-electron chi connectivity index (χ1n) is 8.59. The van der Waals surface area contributed by atoms with Crippen molar-refractivity contribution in [2.24, 2.45) is 0 Å². The standard InChI is InChI=1S/C20H26N2O4/c1-11(2)16-8-7-12(3)9-17(16)25-10-18(23)21-22-20(24)19-13(4)14(5)26-15(19)6/h7-9,11H,10H2,1-6H3,(H,21,23)(H,22,24). The summed E-state index contributed by atoms with van der Waals surface area (Å²) in [6.07, 6.45) is 0. The Kier molecular flexibility index (Phi) is 6.08. The predicted molar refractivity (Wildman–Crippen MR) is 99.3 cm³/mol. The van der Waals surface area contributed by atoms with Gasteiger partial charge in [-0.2, -0.15) is 0 Å². The summed E-state index contributed by atoms with van der Waals surface area (Å²) < 4.78 is 11.1. The maximum atomic E-state index is 12.2. The van der Waals surface area contributed by atoms with Crippen LogP contribution in [0.1, 0.15) is 58.3 Å². The molecule has 0 bridgehead atoms. The summed E-state index contributed by atoms with van der Waals surface area (Å²) in [7, 11) is 0. The van der Waals surface area contributed by atoms with Gasteiger partial charge in [-0.05, 0) is 50.8 Å². The zero-order valence-electron chi connectivity index (χ0n) is 16.1. The minimum atomic E-state index is -0.440. The molecule has 0 radical (unpaired) electrons. The van der Waals surface area contributed by atoms with E-state index in [9.17, 15) is 9.59 Å². The van der Waals surface area contributed by atoms with Gasteiger partial charge in [0.05, 0.1) is 5.56 Å². The molecular formula is C20H26N2O4. The fourth-order valence-electron chi connectivity index (χ4n) is 2.74. The van der Waals surface area contributed by atoms with Crippen molar-refractivity contribution in [3.8, 4) is 5.75 Å². The number of amides is 2. The Morgan fingerprint density at radius 3 is 2.35 bits per heavy atom. The lowest BCUT2D eigenvalue weighted by Crippen LogP contribution is -2.44. The molecule has 2 aromatic rings. The number of nitrogens with one attached hydrogen (secondary N) is 2. The molecule has 1 aromatic heterocycles. The normalized spacial score (nSPS) is 10.7. The molecule has 0 aliphatic carbocycles. The Morgan fingerprint density at radius 2 is 1.77 bits per heavy atom. The maximum Gasteiger partial charge on any atom is 0.276 e. The Morgan fingerprint density at radius 1 is 1.08 bits per heavy atom. The van der Waals surface area contributed by atoms with Crippen LogP contribution < -0.4 is 15.6 Å². The topological polar surface area (TPSA) is 80.6 Å². The third-order valence-corrected chi connectivity index (χ3v) is 4.25. The molecule has 0 spiro atoms. The number of hydrogen-bond acceptors (Lipinski definition) is 4. The fourth-order valence-corrected chi connectivity index (χ4v) is 2.74. The van der Waals surface area contributed by atoms with E-state index in [1.54, 1.807) is 20.8 Å². The molecule has 0 fully saturated rings. The lowest BCUT2D eigenvalue weighted by Gasteiger charge is -2.15. The van der Waals surface area contributed by atoms with Crippen molar-refractivity contribution >= 4 is 11.8 Å². The van der Waals surface area contributed by atoms with Gasteiger partial charge in [0.2, 0.25) is 0 Å². The second-order valence-corrected chi connectivity index (χ2v) is 6.70. The van der Waals surface area contributed by atoms with Gasteiger partial charge in [-0.1, -0.05) is 26.0 Å². The van der Waals surface area contributed by atoms with Crippen LogP contribution in [-0.4, -0.2) is 18.4 Å². The first-order chi connectivity index (χ1) is 12.2. The third kappa shape index (κ3) is 4.45. The van der Waals surface area contributed by atoms with Crippen LogP contribution in [0.25, 0.3) is 0 Å². The summed E-state index contributed by atoms with van der Waals surface area (Å²) >= 11 is 0. The van der Waals surface area contributed by atoms with Crippen molar-refractivity contribution in [3.05, 3.63) is 52.0 Å². The second kappa shape index (κ2) is 8.08. The molecule has 0 unspecified atom stereocenters. The first kappa shape index (κ1) is 19.6. The van der Waals surface area contributed by atoms with E-state index in [-0.39, 0.29) is 12.5 Å². The van der Waals surface area contributed by atoms with E-state index in [0.29, 0.717) is 22.8 Å². The van der Waals surface area contributed by atoms with Gasteiger partial charge in [-0.15, -0.1) is 0 Å². The van der Waals surface area contributed by atoms with Crippen LogP contribution in [0.3, 0.4) is 0 Å². The lowest BCUT2D eigenvalue weighted by molar-refractivity contribution is -0.123. The van der Waals surface area contributed by atoms with E-state index < -0.39 is 11.8 Å². The van der Waals surface area contributed by atoms with Crippen molar-refractivity contribution in [2.45, 2.75) is 47.5 Å². The molecule has 26 heavy (non-hydrogen) atoms. The van der Waals surface area contributed by atoms with Gasteiger partial charge in [0.1, 0.15) is 17.3 Å². The van der Waals surface area contributed by atoms with E-state index in [0.717, 1.165) is 16.7 Å². The molecule has 0 aliphatic heterocycles. The van der Waals surface area contributed by atoms with Crippen LogP contribution in [0, 0.1) is 27.7 Å². The maximum absolute atomic E-state index is 12.2. The molecule has 0 atom stereocenters. The summed E-state index contributed by atoms with van der Waals surface area (Å²) in [4.78, 5) is 24.3. The minimum absolute atomic E-state index is 0.189. The molecule has 0 aliphatic rings. The smallest absolute Gasteiger partial charge is 0.276 e. The molecule has 2 N–H and O–H groups in total. The molecule has 1 aromatic carbocycles. The number of furan rings is 1. The SMILES string of the molecule is Cc1ccc(C(C)C)c(OCC(=O)NNC(=O)c2c(C)oc(C)c2C)c1. The summed E-state index contributed by atoms with van der Waals surface area (Å²) in [6.45, 7) is 11.2. The summed E-state index contributed by atoms with van der Waals surface area (Å²) in [6, 6.07) is 5.92. The average Bonchev–Trinajstić information content (AvgIpc) is 2.82. The van der Waals surface area contributed by atoms with E-state index in [2.05, 4.69) is 24.7 Å². The summed E-state index contributed by atoms with van der Waals surface area (Å²) in [5.74, 6) is 1.31. The molecule has 6 heteroatoms. The first-order valence-corrected chi connectivity index (χ1v) is 8.59. The predicted octanol–water partition coefficient (Wildman–Crippen LogP) is 3.48. The molecule has 140 valence electrons. The second-order valence-electron chi connectivity index (χ2n) is 6.70. The molecule has 2 rings (SSSR count). The Bertz CT molecular complexity index is 821. The van der Waals surface area contributed by atoms with Gasteiger partial charge >= 0.3 is 0 Å². The van der Waals surface area contributed by atoms with E-state index in [4.69, 9.17) is 9.15 Å². The van der Waals surface area contributed by atoms with Crippen LogP contribution in [0.4, 0.5) is 0 Å². The third-order valence-electron chi connectivity index (χ3n) is 4.25. The molecule has 6 nitrogen and oxygen atoms in total. The van der Waals surface area contributed by atoms with E-state index in [1.165, 1.54) is 0 Å². The number of rotatable bonds is 5. The fraction of sp³-hybridized carbons (Fsp3) is 0.400. The van der Waals surface area contributed by atoms with Crippen LogP contribution in [0.2, 0.25) is 0 Å². The number of carbonyl (C=O) groups excluding carboxylic acids is 2. The highest BCUT2D eigenvalue weighted by Gasteiger charge is 2.19. The van der Waals surface area contributed by atoms with Gasteiger partial charge in [0, 0.05) is 5.56 Å². The highest BCUT2D eigenvalue weighted by molar-refractivity contribution is 5.97. The van der Waals surface area contributed by atoms with Gasteiger partial charge in [-0.25, -0.2) is 0 Å². The summed E-state index contributed by atoms with van der Waals surface area (Å²) in [5, 5.41) is 0. The van der Waals surface area contributed by atoms with E-state index >= 15 is 0 Å². The van der Waals surface area contributed by atoms with Crippen molar-refractivity contribution in [3.63, 3.8) is 0 Å². The number of hydrogen-bond donors (Lipinski definition) is 2. The Labute approximate surface area is 153 Å². The number of hydrazine groups is 1. The van der Waals surface area contributed by atoms with Crippen molar-refractivity contribution in [2.75, 3.05) is 6.61 Å². The lowest BCUT2D eigenvalue weighted by atomic mass is 10.0. The highest BCUT2D eigenvalue weighted by atomic mass is 16.5. The van der Waals surface area contributed by atoms with E-state index in [1.807, 2.05) is 25.1 Å². The number of benzene rings is 1. The van der Waals surface area contributed by atoms with Crippen LogP contribution >= 0.6 is 0 Å². The van der Waals surface area contributed by atoms with Crippen LogP contribution in [0.5, 0.6) is 5.75 Å². The van der Waals surface area contributed by atoms with Crippen LogP contribution in [0.15, 0.2) is 22.6 Å². The monoisotopic (exact) mass is 358 g/mol. The van der Waals surface area contributed by atoms with Crippen LogP contribution in [-0.2, 0) is 4.79 Å². The molecule has 0 saturated heterocycles. The zero-order chi connectivity index (χ0) is 19.4. The number of carbonyl (C=O) groups is 2.